The Kier molecular flexibility index (Phi) is 3.19. The molecule has 2 aromatic rings. The lowest BCUT2D eigenvalue weighted by Gasteiger charge is -2.19. The fourth-order valence-corrected chi connectivity index (χ4v) is 1.76. The Labute approximate surface area is 101 Å². The number of hydrogen-bond donors (Lipinski definition) is 2. The lowest BCUT2D eigenvalue weighted by molar-refractivity contribution is 0.475. The van der Waals surface area contributed by atoms with Crippen molar-refractivity contribution in [1.29, 1.82) is 0 Å². The minimum absolute atomic E-state index is 0.283. The molecular weight excluding hydrogens is 212 g/mol. The third kappa shape index (κ3) is 2.91. The zero-order valence-electron chi connectivity index (χ0n) is 9.80. The first kappa shape index (κ1) is 11.3. The van der Waals surface area contributed by atoms with Gasteiger partial charge in [0.2, 0.25) is 0 Å². The predicted molar refractivity (Wildman–Crippen MR) is 71.1 cm³/mol. The van der Waals surface area contributed by atoms with Crippen LogP contribution in [0, 0.1) is 0 Å². The van der Waals surface area contributed by atoms with Crippen LogP contribution in [-0.4, -0.2) is 12.2 Å². The van der Waals surface area contributed by atoms with Crippen molar-refractivity contribution in [3.8, 4) is 5.75 Å². The standard InChI is InChI=1S/C14H16N2O/c1-16(13-5-7-14(17)8-6-13)10-11-3-2-4-12(15)9-11/h2-9,17H,10,15H2,1H3. The maximum absolute atomic E-state index is 9.23. The summed E-state index contributed by atoms with van der Waals surface area (Å²) in [7, 11) is 2.01. The summed E-state index contributed by atoms with van der Waals surface area (Å²) in [6.45, 7) is 0.788. The van der Waals surface area contributed by atoms with Crippen LogP contribution in [0.2, 0.25) is 0 Å². The first-order chi connectivity index (χ1) is 8.15. The minimum atomic E-state index is 0.283. The van der Waals surface area contributed by atoms with Crippen LogP contribution in [0.5, 0.6) is 5.75 Å². The van der Waals surface area contributed by atoms with Gasteiger partial charge in [0.05, 0.1) is 0 Å². The van der Waals surface area contributed by atoms with Gasteiger partial charge in [-0.1, -0.05) is 12.1 Å². The zero-order chi connectivity index (χ0) is 12.3. The van der Waals surface area contributed by atoms with Crippen LogP contribution in [-0.2, 0) is 6.54 Å². The van der Waals surface area contributed by atoms with Crippen LogP contribution < -0.4 is 10.6 Å². The molecule has 0 spiro atoms. The summed E-state index contributed by atoms with van der Waals surface area (Å²) in [6, 6.07) is 15.0. The number of nitrogens with two attached hydrogens (primary N) is 1. The molecule has 3 nitrogen and oxygen atoms in total. The van der Waals surface area contributed by atoms with Crippen LogP contribution in [0.25, 0.3) is 0 Å². The van der Waals surface area contributed by atoms with E-state index in [2.05, 4.69) is 4.90 Å². The fraction of sp³-hybridized carbons (Fsp3) is 0.143. The van der Waals surface area contributed by atoms with Crippen molar-refractivity contribution in [2.75, 3.05) is 17.7 Å². The Morgan fingerprint density at radius 1 is 1.12 bits per heavy atom. The Hall–Kier alpha value is -2.16. The van der Waals surface area contributed by atoms with Gasteiger partial charge in [-0.15, -0.1) is 0 Å². The number of rotatable bonds is 3. The van der Waals surface area contributed by atoms with E-state index in [9.17, 15) is 5.11 Å². The van der Waals surface area contributed by atoms with Crippen LogP contribution in [0.4, 0.5) is 11.4 Å². The highest BCUT2D eigenvalue weighted by Crippen LogP contribution is 2.19. The summed E-state index contributed by atoms with van der Waals surface area (Å²) < 4.78 is 0. The zero-order valence-corrected chi connectivity index (χ0v) is 9.80. The van der Waals surface area contributed by atoms with E-state index in [4.69, 9.17) is 5.73 Å². The van der Waals surface area contributed by atoms with Gasteiger partial charge < -0.3 is 15.7 Å². The van der Waals surface area contributed by atoms with Crippen molar-refractivity contribution in [1.82, 2.24) is 0 Å². The van der Waals surface area contributed by atoms with E-state index in [-0.39, 0.29) is 5.75 Å². The van der Waals surface area contributed by atoms with Gasteiger partial charge in [-0.3, -0.25) is 0 Å². The molecule has 0 heterocycles. The molecule has 0 unspecified atom stereocenters. The molecule has 88 valence electrons. The van der Waals surface area contributed by atoms with Gasteiger partial charge in [0.1, 0.15) is 5.75 Å². The average Bonchev–Trinajstić information content (AvgIpc) is 2.29. The number of phenols is 1. The molecule has 2 aromatic carbocycles. The molecule has 0 fully saturated rings. The quantitative estimate of drug-likeness (QED) is 0.794. The van der Waals surface area contributed by atoms with Gasteiger partial charge in [-0.05, 0) is 42.0 Å². The Morgan fingerprint density at radius 2 is 1.82 bits per heavy atom. The molecule has 0 aromatic heterocycles. The molecule has 3 heteroatoms. The lowest BCUT2D eigenvalue weighted by Crippen LogP contribution is -2.16. The van der Waals surface area contributed by atoms with Crippen molar-refractivity contribution < 1.29 is 5.11 Å². The highest BCUT2D eigenvalue weighted by molar-refractivity contribution is 5.49. The maximum atomic E-state index is 9.23. The van der Waals surface area contributed by atoms with E-state index in [1.54, 1.807) is 12.1 Å². The van der Waals surface area contributed by atoms with Crippen molar-refractivity contribution in [3.05, 3.63) is 54.1 Å². The van der Waals surface area contributed by atoms with Crippen molar-refractivity contribution in [2.45, 2.75) is 6.54 Å². The maximum Gasteiger partial charge on any atom is 0.115 e. The summed E-state index contributed by atoms with van der Waals surface area (Å²) in [6.07, 6.45) is 0. The van der Waals surface area contributed by atoms with Gasteiger partial charge in [0.15, 0.2) is 0 Å². The summed E-state index contributed by atoms with van der Waals surface area (Å²) in [4.78, 5) is 2.11. The van der Waals surface area contributed by atoms with E-state index in [1.165, 1.54) is 5.56 Å². The summed E-state index contributed by atoms with van der Waals surface area (Å²) in [5.41, 5.74) is 8.75. The molecule has 0 aliphatic carbocycles. The Balaban J connectivity index is 2.11. The smallest absolute Gasteiger partial charge is 0.115 e. The second-order valence-electron chi connectivity index (χ2n) is 4.12. The van der Waals surface area contributed by atoms with Crippen LogP contribution in [0.1, 0.15) is 5.56 Å². The largest absolute Gasteiger partial charge is 0.508 e. The second kappa shape index (κ2) is 4.78. The number of hydrogen-bond acceptors (Lipinski definition) is 3. The fourth-order valence-electron chi connectivity index (χ4n) is 1.76. The molecule has 17 heavy (non-hydrogen) atoms. The highest BCUT2D eigenvalue weighted by atomic mass is 16.3. The summed E-state index contributed by atoms with van der Waals surface area (Å²) in [5.74, 6) is 0.283. The first-order valence-electron chi connectivity index (χ1n) is 5.50. The topological polar surface area (TPSA) is 49.5 Å². The van der Waals surface area contributed by atoms with Gasteiger partial charge in [0, 0.05) is 25.0 Å². The molecule has 0 atom stereocenters. The number of benzene rings is 2. The molecule has 2 rings (SSSR count). The lowest BCUT2D eigenvalue weighted by atomic mass is 10.2. The molecule has 3 N–H and O–H groups in total. The van der Waals surface area contributed by atoms with E-state index in [0.717, 1.165) is 17.9 Å². The molecule has 0 bridgehead atoms. The van der Waals surface area contributed by atoms with E-state index >= 15 is 0 Å². The average molecular weight is 228 g/mol. The second-order valence-corrected chi connectivity index (χ2v) is 4.12. The van der Waals surface area contributed by atoms with Gasteiger partial charge in [-0.2, -0.15) is 0 Å². The number of nitrogen functional groups attached to an aromatic ring is 1. The molecule has 0 saturated heterocycles. The van der Waals surface area contributed by atoms with Gasteiger partial charge in [-0.25, -0.2) is 0 Å². The number of aromatic hydroxyl groups is 1. The van der Waals surface area contributed by atoms with Crippen molar-refractivity contribution in [2.24, 2.45) is 0 Å². The SMILES string of the molecule is CN(Cc1cccc(N)c1)c1ccc(O)cc1. The van der Waals surface area contributed by atoms with E-state index < -0.39 is 0 Å². The molecule has 0 aliphatic rings. The van der Waals surface area contributed by atoms with Crippen LogP contribution in [0.3, 0.4) is 0 Å². The summed E-state index contributed by atoms with van der Waals surface area (Å²) in [5, 5.41) is 9.23. The third-order valence-corrected chi connectivity index (χ3v) is 2.66. The van der Waals surface area contributed by atoms with E-state index in [1.807, 2.05) is 43.4 Å². The molecule has 0 amide bonds. The monoisotopic (exact) mass is 228 g/mol. The predicted octanol–water partition coefficient (Wildman–Crippen LogP) is 2.61. The minimum Gasteiger partial charge on any atom is -0.508 e. The number of anilines is 2. The van der Waals surface area contributed by atoms with Gasteiger partial charge >= 0.3 is 0 Å². The molecule has 0 saturated carbocycles. The van der Waals surface area contributed by atoms with Crippen molar-refractivity contribution >= 4 is 11.4 Å². The van der Waals surface area contributed by atoms with E-state index in [0.29, 0.717) is 0 Å². The highest BCUT2D eigenvalue weighted by Gasteiger charge is 2.02. The number of phenolic OH excluding ortho intramolecular Hbond substituents is 1. The number of nitrogens with zero attached hydrogens (tertiary/aromatic N) is 1. The van der Waals surface area contributed by atoms with Crippen LogP contribution >= 0.6 is 0 Å². The molecule has 0 radical (unpaired) electrons. The molecular formula is C14H16N2O. The van der Waals surface area contributed by atoms with Gasteiger partial charge in [0.25, 0.3) is 0 Å². The first-order valence-corrected chi connectivity index (χ1v) is 5.50. The molecule has 0 aliphatic heterocycles. The Bertz CT molecular complexity index is 494. The normalized spacial score (nSPS) is 10.2. The summed E-state index contributed by atoms with van der Waals surface area (Å²) >= 11 is 0. The van der Waals surface area contributed by atoms with Crippen molar-refractivity contribution in [3.63, 3.8) is 0 Å². The Morgan fingerprint density at radius 3 is 2.47 bits per heavy atom. The van der Waals surface area contributed by atoms with Crippen LogP contribution in [0.15, 0.2) is 48.5 Å². The third-order valence-electron chi connectivity index (χ3n) is 2.66.